The summed E-state index contributed by atoms with van der Waals surface area (Å²) >= 11 is 0. The zero-order valence-electron chi connectivity index (χ0n) is 14.4. The number of rotatable bonds is 6. The molecular weight excluding hydrogens is 276 g/mol. The summed E-state index contributed by atoms with van der Waals surface area (Å²) in [6.07, 6.45) is 6.20. The molecule has 1 saturated carbocycles. The molecule has 1 aromatic rings. The topological polar surface area (TPSA) is 52.0 Å². The lowest BCUT2D eigenvalue weighted by Crippen LogP contribution is -2.61. The van der Waals surface area contributed by atoms with Crippen LogP contribution in [0.25, 0.3) is 0 Å². The van der Waals surface area contributed by atoms with Gasteiger partial charge in [-0.25, -0.2) is 9.67 Å². The first kappa shape index (κ1) is 15.9. The van der Waals surface area contributed by atoms with Gasteiger partial charge in [-0.2, -0.15) is 5.10 Å². The molecule has 1 N–H and O–H groups in total. The Morgan fingerprint density at radius 3 is 2.95 bits per heavy atom. The second-order valence-corrected chi connectivity index (χ2v) is 7.42. The van der Waals surface area contributed by atoms with Gasteiger partial charge >= 0.3 is 0 Å². The Morgan fingerprint density at radius 2 is 2.23 bits per heavy atom. The van der Waals surface area contributed by atoms with E-state index < -0.39 is 0 Å². The smallest absolute Gasteiger partial charge is 0.147 e. The predicted molar refractivity (Wildman–Crippen MR) is 86.7 cm³/mol. The molecule has 0 saturated heterocycles. The lowest BCUT2D eigenvalue weighted by Gasteiger charge is -2.53. The van der Waals surface area contributed by atoms with Gasteiger partial charge < -0.3 is 10.1 Å². The van der Waals surface area contributed by atoms with E-state index in [0.29, 0.717) is 18.2 Å². The summed E-state index contributed by atoms with van der Waals surface area (Å²) in [7, 11) is 0. The number of nitrogens with zero attached hydrogens (tertiary/aromatic N) is 3. The van der Waals surface area contributed by atoms with Gasteiger partial charge in [0.25, 0.3) is 0 Å². The molecule has 2 heterocycles. The molecule has 3 atom stereocenters. The molecule has 5 heteroatoms. The van der Waals surface area contributed by atoms with E-state index in [1.54, 1.807) is 0 Å². The van der Waals surface area contributed by atoms with Gasteiger partial charge in [-0.15, -0.1) is 0 Å². The quantitative estimate of drug-likeness (QED) is 0.821. The van der Waals surface area contributed by atoms with Gasteiger partial charge in [0.15, 0.2) is 0 Å². The van der Waals surface area contributed by atoms with Gasteiger partial charge in [0.05, 0.1) is 12.1 Å². The van der Waals surface area contributed by atoms with Gasteiger partial charge in [0.2, 0.25) is 0 Å². The molecule has 0 aromatic carbocycles. The minimum atomic E-state index is 0.199. The van der Waals surface area contributed by atoms with Crippen LogP contribution in [0.3, 0.4) is 0 Å². The summed E-state index contributed by atoms with van der Waals surface area (Å²) in [6.45, 7) is 10.7. The normalized spacial score (nSPS) is 29.9. The van der Waals surface area contributed by atoms with Gasteiger partial charge in [-0.3, -0.25) is 0 Å². The Morgan fingerprint density at radius 1 is 1.41 bits per heavy atom. The number of unbranched alkanes of at least 4 members (excludes halogenated alkanes) is 1. The zero-order valence-corrected chi connectivity index (χ0v) is 14.4. The summed E-state index contributed by atoms with van der Waals surface area (Å²) in [5, 5.41) is 8.33. The number of hydrogen-bond acceptors (Lipinski definition) is 4. The van der Waals surface area contributed by atoms with E-state index in [0.717, 1.165) is 44.1 Å². The average molecular weight is 306 g/mol. The van der Waals surface area contributed by atoms with Crippen molar-refractivity contribution < 1.29 is 4.74 Å². The maximum Gasteiger partial charge on any atom is 0.147 e. The lowest BCUT2D eigenvalue weighted by molar-refractivity contribution is -0.121. The Kier molecular flexibility index (Phi) is 4.55. The van der Waals surface area contributed by atoms with Crippen LogP contribution in [0.15, 0.2) is 0 Å². The third-order valence-corrected chi connectivity index (χ3v) is 5.38. The van der Waals surface area contributed by atoms with Crippen molar-refractivity contribution in [2.24, 2.45) is 5.41 Å². The molecule has 0 spiro atoms. The van der Waals surface area contributed by atoms with Crippen molar-refractivity contribution in [2.45, 2.75) is 84.5 Å². The summed E-state index contributed by atoms with van der Waals surface area (Å²) in [5.74, 6) is 2.01. The minimum absolute atomic E-state index is 0.199. The third kappa shape index (κ3) is 2.93. The summed E-state index contributed by atoms with van der Waals surface area (Å²) in [5.41, 5.74) is 0.199. The standard InChI is InChI=1S/C17H30N4O/c1-5-6-10-22-15-11-14(17(15,3)4)19-13-8-7-9-21-16(13)18-12(2)20-21/h13-15,19H,5-11H2,1-4H3/t13-,14-,15+/m0/s1. The maximum absolute atomic E-state index is 6.05. The van der Waals surface area contributed by atoms with Crippen LogP contribution >= 0.6 is 0 Å². The summed E-state index contributed by atoms with van der Waals surface area (Å²) in [6, 6.07) is 0.850. The molecule has 124 valence electrons. The van der Waals surface area contributed by atoms with E-state index in [1.807, 2.05) is 6.92 Å². The molecule has 1 aliphatic heterocycles. The summed E-state index contributed by atoms with van der Waals surface area (Å²) in [4.78, 5) is 4.63. The van der Waals surface area contributed by atoms with Crippen molar-refractivity contribution in [3.05, 3.63) is 11.6 Å². The number of fused-ring (bicyclic) bond motifs is 1. The van der Waals surface area contributed by atoms with Gasteiger partial charge in [0, 0.05) is 24.6 Å². The Balaban J connectivity index is 1.59. The number of aromatic nitrogens is 3. The fourth-order valence-electron chi connectivity index (χ4n) is 3.69. The largest absolute Gasteiger partial charge is 0.378 e. The Labute approximate surface area is 133 Å². The highest BCUT2D eigenvalue weighted by molar-refractivity contribution is 5.08. The fourth-order valence-corrected chi connectivity index (χ4v) is 3.69. The van der Waals surface area contributed by atoms with Crippen molar-refractivity contribution in [1.29, 1.82) is 0 Å². The molecule has 5 nitrogen and oxygen atoms in total. The van der Waals surface area contributed by atoms with Crippen molar-refractivity contribution in [1.82, 2.24) is 20.1 Å². The first-order valence-corrected chi connectivity index (χ1v) is 8.81. The van der Waals surface area contributed by atoms with Crippen molar-refractivity contribution >= 4 is 0 Å². The predicted octanol–water partition coefficient (Wildman–Crippen LogP) is 2.99. The van der Waals surface area contributed by atoms with Crippen LogP contribution in [0.4, 0.5) is 0 Å². The minimum Gasteiger partial charge on any atom is -0.378 e. The van der Waals surface area contributed by atoms with Crippen molar-refractivity contribution in [3.8, 4) is 0 Å². The van der Waals surface area contributed by atoms with Crippen LogP contribution < -0.4 is 5.32 Å². The average Bonchev–Trinajstić information content (AvgIpc) is 2.86. The number of ether oxygens (including phenoxy) is 1. The van der Waals surface area contributed by atoms with Crippen LogP contribution in [0.2, 0.25) is 0 Å². The SMILES string of the molecule is CCCCO[C@@H]1C[C@H](N[C@H]2CCCn3nc(C)nc32)C1(C)C. The van der Waals surface area contributed by atoms with E-state index in [-0.39, 0.29) is 5.41 Å². The second-order valence-electron chi connectivity index (χ2n) is 7.42. The van der Waals surface area contributed by atoms with Crippen LogP contribution in [-0.2, 0) is 11.3 Å². The van der Waals surface area contributed by atoms with Gasteiger partial charge in [0.1, 0.15) is 11.6 Å². The van der Waals surface area contributed by atoms with E-state index in [9.17, 15) is 0 Å². The zero-order chi connectivity index (χ0) is 15.7. The lowest BCUT2D eigenvalue weighted by atomic mass is 9.64. The molecule has 1 fully saturated rings. The molecule has 1 aromatic heterocycles. The molecule has 2 aliphatic rings. The highest BCUT2D eigenvalue weighted by Crippen LogP contribution is 2.44. The molecule has 0 amide bonds. The monoisotopic (exact) mass is 306 g/mol. The van der Waals surface area contributed by atoms with Crippen molar-refractivity contribution in [2.75, 3.05) is 6.61 Å². The maximum atomic E-state index is 6.05. The molecule has 3 rings (SSSR count). The summed E-state index contributed by atoms with van der Waals surface area (Å²) < 4.78 is 8.13. The van der Waals surface area contributed by atoms with Crippen molar-refractivity contribution in [3.63, 3.8) is 0 Å². The fraction of sp³-hybridized carbons (Fsp3) is 0.882. The van der Waals surface area contributed by atoms with E-state index in [2.05, 4.69) is 40.9 Å². The number of hydrogen-bond donors (Lipinski definition) is 1. The second kappa shape index (κ2) is 6.28. The molecular formula is C17H30N4O. The van der Waals surface area contributed by atoms with Crippen LogP contribution in [-0.4, -0.2) is 33.5 Å². The van der Waals surface area contributed by atoms with Gasteiger partial charge in [-0.1, -0.05) is 27.2 Å². The first-order chi connectivity index (χ1) is 10.5. The molecule has 0 bridgehead atoms. The third-order valence-electron chi connectivity index (χ3n) is 5.38. The molecule has 22 heavy (non-hydrogen) atoms. The van der Waals surface area contributed by atoms with Crippen LogP contribution in [0.1, 0.15) is 70.6 Å². The number of aryl methyl sites for hydroxylation is 2. The van der Waals surface area contributed by atoms with E-state index >= 15 is 0 Å². The van der Waals surface area contributed by atoms with Crippen LogP contribution in [0.5, 0.6) is 0 Å². The van der Waals surface area contributed by atoms with Crippen LogP contribution in [0, 0.1) is 12.3 Å². The highest BCUT2D eigenvalue weighted by Gasteiger charge is 2.49. The Bertz CT molecular complexity index is 511. The molecule has 0 unspecified atom stereocenters. The van der Waals surface area contributed by atoms with E-state index in [4.69, 9.17) is 4.74 Å². The highest BCUT2D eigenvalue weighted by atomic mass is 16.5. The van der Waals surface area contributed by atoms with E-state index in [1.165, 1.54) is 12.8 Å². The van der Waals surface area contributed by atoms with Gasteiger partial charge in [-0.05, 0) is 32.6 Å². The first-order valence-electron chi connectivity index (χ1n) is 8.81. The Hall–Kier alpha value is -0.940. The molecule has 0 radical (unpaired) electrons. The number of nitrogens with one attached hydrogen (secondary N) is 1. The molecule has 1 aliphatic carbocycles.